The van der Waals surface area contributed by atoms with Crippen LogP contribution >= 0.6 is 34.7 Å². The molecule has 1 aromatic carbocycles. The summed E-state index contributed by atoms with van der Waals surface area (Å²) in [5, 5.41) is 16.3. The van der Waals surface area contributed by atoms with Crippen molar-refractivity contribution in [2.24, 2.45) is 0 Å². The SMILES string of the molecule is Cc1cccc(Cl)c1NC(=O)c1cnc(Nc2nc(C3=CCCS3)nc(N3CCN(CCO)CC3)n2)s1. The van der Waals surface area contributed by atoms with Crippen molar-refractivity contribution in [2.75, 3.05) is 60.6 Å². The molecule has 4 heterocycles. The molecule has 0 saturated carbocycles. The van der Waals surface area contributed by atoms with E-state index in [1.54, 1.807) is 17.8 Å². The zero-order valence-electron chi connectivity index (χ0n) is 20.3. The summed E-state index contributed by atoms with van der Waals surface area (Å²) in [7, 11) is 0. The van der Waals surface area contributed by atoms with E-state index >= 15 is 0 Å². The van der Waals surface area contributed by atoms with Gasteiger partial charge in [0.1, 0.15) is 4.88 Å². The third kappa shape index (κ3) is 6.21. The molecule has 3 N–H and O–H groups in total. The first-order chi connectivity index (χ1) is 18.0. The van der Waals surface area contributed by atoms with Gasteiger partial charge in [-0.2, -0.15) is 15.0 Å². The van der Waals surface area contributed by atoms with Crippen LogP contribution < -0.4 is 15.5 Å². The summed E-state index contributed by atoms with van der Waals surface area (Å²) in [6.45, 7) is 5.90. The molecule has 37 heavy (non-hydrogen) atoms. The lowest BCUT2D eigenvalue weighted by molar-refractivity contribution is 0.103. The number of aliphatic hydroxyl groups is 1. The number of thiazole rings is 1. The summed E-state index contributed by atoms with van der Waals surface area (Å²) in [6.07, 6.45) is 4.65. The molecule has 2 aliphatic rings. The van der Waals surface area contributed by atoms with Gasteiger partial charge in [-0.15, -0.1) is 11.8 Å². The summed E-state index contributed by atoms with van der Waals surface area (Å²) in [5.41, 5.74) is 1.47. The average molecular weight is 559 g/mol. The molecule has 2 aliphatic heterocycles. The van der Waals surface area contributed by atoms with Crippen molar-refractivity contribution in [1.82, 2.24) is 24.8 Å². The van der Waals surface area contributed by atoms with Gasteiger partial charge in [0.15, 0.2) is 11.0 Å². The average Bonchev–Trinajstić information content (AvgIpc) is 3.60. The molecule has 1 saturated heterocycles. The van der Waals surface area contributed by atoms with Crippen LogP contribution in [0.25, 0.3) is 4.91 Å². The van der Waals surface area contributed by atoms with Crippen LogP contribution in [0.2, 0.25) is 5.02 Å². The number of rotatable bonds is 8. The number of thioether (sulfide) groups is 1. The van der Waals surface area contributed by atoms with Crippen molar-refractivity contribution in [3.63, 3.8) is 0 Å². The normalized spacial score (nSPS) is 16.1. The van der Waals surface area contributed by atoms with E-state index in [9.17, 15) is 9.90 Å². The molecule has 5 rings (SSSR count). The fourth-order valence-electron chi connectivity index (χ4n) is 4.06. The van der Waals surface area contributed by atoms with E-state index in [-0.39, 0.29) is 12.5 Å². The maximum atomic E-state index is 12.8. The van der Waals surface area contributed by atoms with Crippen LogP contribution in [-0.2, 0) is 0 Å². The number of anilines is 4. The third-order valence-electron chi connectivity index (χ3n) is 6.03. The number of allylic oxidation sites excluding steroid dienone is 1. The first kappa shape index (κ1) is 25.9. The summed E-state index contributed by atoms with van der Waals surface area (Å²) in [4.78, 5) is 37.1. The Balaban J connectivity index is 1.34. The number of hydrogen-bond donors (Lipinski definition) is 3. The number of nitrogens with zero attached hydrogens (tertiary/aromatic N) is 6. The number of piperazine rings is 1. The van der Waals surface area contributed by atoms with Gasteiger partial charge in [0.25, 0.3) is 5.91 Å². The van der Waals surface area contributed by atoms with Crippen LogP contribution in [0, 0.1) is 6.92 Å². The lowest BCUT2D eigenvalue weighted by Gasteiger charge is -2.34. The highest BCUT2D eigenvalue weighted by atomic mass is 35.5. The number of aliphatic hydroxyl groups excluding tert-OH is 1. The Bertz CT molecular complexity index is 1290. The van der Waals surface area contributed by atoms with E-state index in [4.69, 9.17) is 16.6 Å². The summed E-state index contributed by atoms with van der Waals surface area (Å²) < 4.78 is 0. The number of para-hydroxylation sites is 1. The highest BCUT2D eigenvalue weighted by molar-refractivity contribution is 8.08. The lowest BCUT2D eigenvalue weighted by atomic mass is 10.2. The van der Waals surface area contributed by atoms with Crippen molar-refractivity contribution in [3.8, 4) is 0 Å². The second kappa shape index (κ2) is 11.7. The van der Waals surface area contributed by atoms with Crippen molar-refractivity contribution in [3.05, 3.63) is 51.8 Å². The smallest absolute Gasteiger partial charge is 0.267 e. The van der Waals surface area contributed by atoms with Crippen molar-refractivity contribution >= 4 is 68.2 Å². The Labute approximate surface area is 228 Å². The molecule has 0 spiro atoms. The van der Waals surface area contributed by atoms with E-state index in [2.05, 4.69) is 41.5 Å². The van der Waals surface area contributed by atoms with E-state index in [1.165, 1.54) is 17.5 Å². The van der Waals surface area contributed by atoms with Crippen LogP contribution in [0.3, 0.4) is 0 Å². The minimum absolute atomic E-state index is 0.154. The quantitative estimate of drug-likeness (QED) is 0.376. The zero-order chi connectivity index (χ0) is 25.8. The van der Waals surface area contributed by atoms with E-state index in [1.807, 2.05) is 19.1 Å². The molecule has 3 aromatic rings. The summed E-state index contributed by atoms with van der Waals surface area (Å²) in [5.74, 6) is 2.35. The van der Waals surface area contributed by atoms with Gasteiger partial charge in [0, 0.05) is 43.4 Å². The molecule has 0 atom stereocenters. The number of carbonyl (C=O) groups excluding carboxylic acids is 1. The Morgan fingerprint density at radius 2 is 2.03 bits per heavy atom. The Kier molecular flexibility index (Phi) is 8.20. The number of benzene rings is 1. The second-order valence-electron chi connectivity index (χ2n) is 8.58. The van der Waals surface area contributed by atoms with Crippen molar-refractivity contribution in [2.45, 2.75) is 13.3 Å². The molecule has 1 amide bonds. The zero-order valence-corrected chi connectivity index (χ0v) is 22.7. The molecule has 10 nitrogen and oxygen atoms in total. The van der Waals surface area contributed by atoms with Gasteiger partial charge in [-0.25, -0.2) is 4.98 Å². The van der Waals surface area contributed by atoms with Crippen LogP contribution in [0.4, 0.5) is 22.7 Å². The maximum absolute atomic E-state index is 12.8. The van der Waals surface area contributed by atoms with E-state index in [0.717, 1.165) is 48.8 Å². The standard InChI is InChI=1S/C24H27ClN8O2S2/c1-15-4-2-5-16(25)19(15)27-21(35)18-14-26-24(37-18)31-22-28-20(17-6-3-13-36-17)29-23(30-22)33-9-7-32(8-10-33)11-12-34/h2,4-6,14,34H,3,7-13H2,1H3,(H,27,35)(H,26,28,29,30,31). The van der Waals surface area contributed by atoms with Gasteiger partial charge in [-0.3, -0.25) is 15.0 Å². The van der Waals surface area contributed by atoms with Crippen LogP contribution in [-0.4, -0.2) is 80.9 Å². The first-order valence-electron chi connectivity index (χ1n) is 12.0. The monoisotopic (exact) mass is 558 g/mol. The highest BCUT2D eigenvalue weighted by Gasteiger charge is 2.22. The van der Waals surface area contributed by atoms with Gasteiger partial charge in [-0.05, 0) is 25.0 Å². The third-order valence-corrected chi connectivity index (χ3v) is 8.36. The predicted molar refractivity (Wildman–Crippen MR) is 150 cm³/mol. The number of β-amino-alcohol motifs (C(OH)–C–C–N with tert-alkyl or cyclic N) is 1. The summed E-state index contributed by atoms with van der Waals surface area (Å²) >= 11 is 9.20. The molecule has 13 heteroatoms. The largest absolute Gasteiger partial charge is 0.395 e. The van der Waals surface area contributed by atoms with Gasteiger partial charge < -0.3 is 15.3 Å². The van der Waals surface area contributed by atoms with E-state index < -0.39 is 0 Å². The predicted octanol–water partition coefficient (Wildman–Crippen LogP) is 3.88. The number of nitrogens with one attached hydrogen (secondary N) is 2. The van der Waals surface area contributed by atoms with Gasteiger partial charge >= 0.3 is 0 Å². The molecule has 2 aromatic heterocycles. The fraction of sp³-hybridized carbons (Fsp3) is 0.375. The molecule has 0 unspecified atom stereocenters. The van der Waals surface area contributed by atoms with Crippen LogP contribution in [0.15, 0.2) is 30.5 Å². The fourth-order valence-corrected chi connectivity index (χ4v) is 5.94. The Hall–Kier alpha value is -2.77. The Morgan fingerprint density at radius 1 is 1.19 bits per heavy atom. The molecular weight excluding hydrogens is 532 g/mol. The molecule has 0 aliphatic carbocycles. The lowest BCUT2D eigenvalue weighted by Crippen LogP contribution is -2.47. The Morgan fingerprint density at radius 3 is 2.76 bits per heavy atom. The van der Waals surface area contributed by atoms with Gasteiger partial charge in [0.05, 0.1) is 23.5 Å². The van der Waals surface area contributed by atoms with E-state index in [0.29, 0.717) is 45.0 Å². The molecule has 0 bridgehead atoms. The minimum atomic E-state index is -0.285. The summed E-state index contributed by atoms with van der Waals surface area (Å²) in [6, 6.07) is 5.47. The second-order valence-corrected chi connectivity index (χ2v) is 11.2. The number of aryl methyl sites for hydroxylation is 1. The van der Waals surface area contributed by atoms with Crippen molar-refractivity contribution < 1.29 is 9.90 Å². The number of carbonyl (C=O) groups is 1. The number of amides is 1. The topological polar surface area (TPSA) is 119 Å². The molecule has 0 radical (unpaired) electrons. The minimum Gasteiger partial charge on any atom is -0.395 e. The highest BCUT2D eigenvalue weighted by Crippen LogP contribution is 2.33. The number of aromatic nitrogens is 4. The number of halogens is 1. The molecule has 194 valence electrons. The van der Waals surface area contributed by atoms with Crippen LogP contribution in [0.1, 0.15) is 27.5 Å². The number of hydrogen-bond acceptors (Lipinski definition) is 11. The molecular formula is C24H27ClN8O2S2. The van der Waals surface area contributed by atoms with Crippen LogP contribution in [0.5, 0.6) is 0 Å². The van der Waals surface area contributed by atoms with Gasteiger partial charge in [0.2, 0.25) is 11.9 Å². The maximum Gasteiger partial charge on any atom is 0.267 e. The molecule has 1 fully saturated rings. The first-order valence-corrected chi connectivity index (χ1v) is 14.1. The van der Waals surface area contributed by atoms with Gasteiger partial charge in [-0.1, -0.05) is 41.1 Å². The van der Waals surface area contributed by atoms with Crippen molar-refractivity contribution in [1.29, 1.82) is 0 Å².